The minimum Gasteiger partial charge on any atom is -0.410 e. The first kappa shape index (κ1) is 22.1. The number of nitrogens with one attached hydrogen (secondary N) is 2. The van der Waals surface area contributed by atoms with Gasteiger partial charge in [0.1, 0.15) is 5.75 Å². The summed E-state index contributed by atoms with van der Waals surface area (Å²) in [4.78, 5) is 16.6. The normalized spacial score (nSPS) is 15.3. The van der Waals surface area contributed by atoms with Gasteiger partial charge in [0, 0.05) is 36.4 Å². The van der Waals surface area contributed by atoms with Gasteiger partial charge in [-0.3, -0.25) is 5.32 Å². The summed E-state index contributed by atoms with van der Waals surface area (Å²) in [6, 6.07) is 15.5. The fourth-order valence-corrected chi connectivity index (χ4v) is 4.44. The Kier molecular flexibility index (Phi) is 7.56. The van der Waals surface area contributed by atoms with Crippen LogP contribution < -0.4 is 15.4 Å². The molecule has 1 aromatic heterocycles. The molecule has 1 heterocycles. The minimum atomic E-state index is -0.497. The molecule has 1 aliphatic rings. The van der Waals surface area contributed by atoms with Crippen molar-refractivity contribution >= 4 is 11.8 Å². The Morgan fingerprint density at radius 1 is 1.16 bits per heavy atom. The molecule has 2 aromatic carbocycles. The predicted octanol–water partition coefficient (Wildman–Crippen LogP) is 5.93. The van der Waals surface area contributed by atoms with E-state index >= 15 is 0 Å². The average Bonchev–Trinajstić information content (AvgIpc) is 3.35. The number of carbonyl (C=O) groups excluding carboxylic acids is 1. The van der Waals surface area contributed by atoms with E-state index in [0.29, 0.717) is 18.3 Å². The highest BCUT2D eigenvalue weighted by atomic mass is 16.6. The van der Waals surface area contributed by atoms with E-state index in [2.05, 4.69) is 28.6 Å². The van der Waals surface area contributed by atoms with E-state index in [1.807, 2.05) is 41.1 Å². The van der Waals surface area contributed by atoms with Gasteiger partial charge >= 0.3 is 6.09 Å². The van der Waals surface area contributed by atoms with Crippen molar-refractivity contribution in [1.82, 2.24) is 14.9 Å². The predicted molar refractivity (Wildman–Crippen MR) is 127 cm³/mol. The van der Waals surface area contributed by atoms with Gasteiger partial charge < -0.3 is 14.6 Å². The van der Waals surface area contributed by atoms with Crippen LogP contribution in [-0.4, -0.2) is 21.7 Å². The molecule has 32 heavy (non-hydrogen) atoms. The number of anilines is 1. The van der Waals surface area contributed by atoms with Crippen LogP contribution in [0.1, 0.15) is 51.0 Å². The summed E-state index contributed by atoms with van der Waals surface area (Å²) in [6.07, 6.45) is 12.9. The average molecular weight is 433 g/mol. The number of aromatic nitrogens is 2. The molecule has 6 nitrogen and oxygen atoms in total. The molecule has 1 amide bonds. The number of nitrogens with zero attached hydrogens (tertiary/aromatic N) is 2. The van der Waals surface area contributed by atoms with Gasteiger partial charge in [-0.05, 0) is 55.2 Å². The molecular weight excluding hydrogens is 400 g/mol. The zero-order valence-corrected chi connectivity index (χ0v) is 18.7. The number of rotatable bonds is 8. The molecule has 3 aromatic rings. The lowest BCUT2D eigenvalue weighted by molar-refractivity contribution is 0.215. The zero-order valence-electron chi connectivity index (χ0n) is 18.7. The number of para-hydroxylation sites is 1. The zero-order chi connectivity index (χ0) is 22.2. The van der Waals surface area contributed by atoms with Crippen LogP contribution in [0.3, 0.4) is 0 Å². The molecule has 1 fully saturated rings. The van der Waals surface area contributed by atoms with E-state index < -0.39 is 6.09 Å². The molecule has 168 valence electrons. The first-order valence-corrected chi connectivity index (χ1v) is 11.6. The third-order valence-corrected chi connectivity index (χ3v) is 6.13. The highest BCUT2D eigenvalue weighted by Gasteiger charge is 2.17. The Labute approximate surface area is 190 Å². The van der Waals surface area contributed by atoms with E-state index in [-0.39, 0.29) is 0 Å². The summed E-state index contributed by atoms with van der Waals surface area (Å²) in [5.41, 5.74) is 2.75. The summed E-state index contributed by atoms with van der Waals surface area (Å²) in [5.74, 6) is 1.34. The quantitative estimate of drug-likeness (QED) is 0.463. The standard InChI is InChI=1S/C26H32N4O2/c1-20(16-21-8-4-2-5-9-21)28-18-22-17-23(30-15-14-27-19-30)12-13-25(22)29-26(31)32-24-10-6-3-7-11-24/h3,6-7,10-15,17,19-21,28H,2,4-5,8-9,16,18H2,1H3,(H,29,31). The topological polar surface area (TPSA) is 68.2 Å². The maximum atomic E-state index is 12.5. The highest BCUT2D eigenvalue weighted by molar-refractivity contribution is 5.87. The molecule has 1 saturated carbocycles. The molecule has 0 spiro atoms. The Bertz CT molecular complexity index is 982. The molecule has 1 atom stereocenters. The molecule has 0 aliphatic heterocycles. The number of ether oxygens (including phenoxy) is 1. The molecule has 1 unspecified atom stereocenters. The number of hydrogen-bond donors (Lipinski definition) is 2. The van der Waals surface area contributed by atoms with Gasteiger partial charge in [-0.15, -0.1) is 0 Å². The SMILES string of the molecule is CC(CC1CCCCC1)NCc1cc(-n2ccnc2)ccc1NC(=O)Oc1ccccc1. The van der Waals surface area contributed by atoms with Crippen LogP contribution in [0.4, 0.5) is 10.5 Å². The first-order valence-electron chi connectivity index (χ1n) is 11.6. The van der Waals surface area contributed by atoms with E-state index in [4.69, 9.17) is 4.74 Å². The van der Waals surface area contributed by atoms with Gasteiger partial charge in [0.05, 0.1) is 6.33 Å². The number of imidazole rings is 1. The van der Waals surface area contributed by atoms with Crippen molar-refractivity contribution in [3.63, 3.8) is 0 Å². The second kappa shape index (κ2) is 11.0. The molecule has 0 radical (unpaired) electrons. The highest BCUT2D eigenvalue weighted by Crippen LogP contribution is 2.27. The van der Waals surface area contributed by atoms with Crippen LogP contribution in [0.15, 0.2) is 67.3 Å². The largest absolute Gasteiger partial charge is 0.417 e. The van der Waals surface area contributed by atoms with E-state index in [9.17, 15) is 4.79 Å². The van der Waals surface area contributed by atoms with Crippen molar-refractivity contribution in [2.24, 2.45) is 5.92 Å². The minimum absolute atomic E-state index is 0.416. The number of benzene rings is 2. The molecule has 0 saturated heterocycles. The van der Waals surface area contributed by atoms with E-state index in [1.54, 1.807) is 24.7 Å². The molecule has 2 N–H and O–H groups in total. The van der Waals surface area contributed by atoms with Crippen LogP contribution >= 0.6 is 0 Å². The summed E-state index contributed by atoms with van der Waals surface area (Å²) in [5, 5.41) is 6.58. The van der Waals surface area contributed by atoms with Gasteiger partial charge in [-0.2, -0.15) is 0 Å². The second-order valence-electron chi connectivity index (χ2n) is 8.66. The summed E-state index contributed by atoms with van der Waals surface area (Å²) >= 11 is 0. The van der Waals surface area contributed by atoms with Crippen LogP contribution in [0.25, 0.3) is 5.69 Å². The maximum absolute atomic E-state index is 12.5. The summed E-state index contributed by atoms with van der Waals surface area (Å²) in [6.45, 7) is 2.92. The monoisotopic (exact) mass is 432 g/mol. The Morgan fingerprint density at radius 2 is 1.97 bits per heavy atom. The van der Waals surface area contributed by atoms with Gasteiger partial charge in [0.25, 0.3) is 0 Å². The number of hydrogen-bond acceptors (Lipinski definition) is 4. The van der Waals surface area contributed by atoms with Gasteiger partial charge in [0.2, 0.25) is 0 Å². The van der Waals surface area contributed by atoms with Crippen molar-refractivity contribution in [1.29, 1.82) is 0 Å². The molecule has 6 heteroatoms. The molecule has 0 bridgehead atoms. The lowest BCUT2D eigenvalue weighted by Gasteiger charge is -2.25. The van der Waals surface area contributed by atoms with Gasteiger partial charge in [-0.1, -0.05) is 50.3 Å². The van der Waals surface area contributed by atoms with Crippen LogP contribution in [0, 0.1) is 5.92 Å². The summed E-state index contributed by atoms with van der Waals surface area (Å²) < 4.78 is 7.38. The van der Waals surface area contributed by atoms with Crippen molar-refractivity contribution < 1.29 is 9.53 Å². The van der Waals surface area contributed by atoms with Crippen LogP contribution in [0.5, 0.6) is 5.75 Å². The maximum Gasteiger partial charge on any atom is 0.417 e. The van der Waals surface area contributed by atoms with Gasteiger partial charge in [0.15, 0.2) is 0 Å². The lowest BCUT2D eigenvalue weighted by atomic mass is 9.85. The first-order chi connectivity index (χ1) is 15.7. The van der Waals surface area contributed by atoms with Gasteiger partial charge in [-0.25, -0.2) is 9.78 Å². The Balaban J connectivity index is 1.44. The van der Waals surface area contributed by atoms with Crippen LogP contribution in [-0.2, 0) is 6.54 Å². The smallest absolute Gasteiger partial charge is 0.410 e. The summed E-state index contributed by atoms with van der Waals surface area (Å²) in [7, 11) is 0. The fraction of sp³-hybridized carbons (Fsp3) is 0.385. The second-order valence-corrected chi connectivity index (χ2v) is 8.66. The van der Waals surface area contributed by atoms with Crippen molar-refractivity contribution in [3.05, 3.63) is 72.8 Å². The Morgan fingerprint density at radius 3 is 2.72 bits per heavy atom. The van der Waals surface area contributed by atoms with E-state index in [1.165, 1.54) is 38.5 Å². The fourth-order valence-electron chi connectivity index (χ4n) is 4.44. The molecule has 4 rings (SSSR count). The van der Waals surface area contributed by atoms with E-state index in [0.717, 1.165) is 22.9 Å². The Hall–Kier alpha value is -3.12. The van der Waals surface area contributed by atoms with Crippen molar-refractivity contribution in [2.75, 3.05) is 5.32 Å². The molecular formula is C26H32N4O2. The lowest BCUT2D eigenvalue weighted by Crippen LogP contribution is -2.29. The third-order valence-electron chi connectivity index (χ3n) is 6.13. The third kappa shape index (κ3) is 6.20. The van der Waals surface area contributed by atoms with Crippen molar-refractivity contribution in [3.8, 4) is 11.4 Å². The van der Waals surface area contributed by atoms with Crippen LogP contribution in [0.2, 0.25) is 0 Å². The number of carbonyl (C=O) groups is 1. The number of amides is 1. The van der Waals surface area contributed by atoms with Crippen molar-refractivity contribution in [2.45, 2.75) is 58.0 Å². The molecule has 1 aliphatic carbocycles.